The number of rotatable bonds is 11. The molecular formula is C43H55N3O5. The van der Waals surface area contributed by atoms with E-state index in [9.17, 15) is 9.90 Å². The number of nitrogens with one attached hydrogen (secondary N) is 2. The fraction of sp³-hybridized carbons (Fsp3) is 0.558. The largest absolute Gasteiger partial charge is 0.392 e. The number of carbonyl (C=O) groups is 1. The average molecular weight is 694 g/mol. The minimum absolute atomic E-state index is 0.00373. The molecule has 0 unspecified atom stereocenters. The van der Waals surface area contributed by atoms with Crippen molar-refractivity contribution < 1.29 is 24.1 Å². The molecule has 6 fully saturated rings. The van der Waals surface area contributed by atoms with Crippen molar-refractivity contribution in [1.82, 2.24) is 15.5 Å². The summed E-state index contributed by atoms with van der Waals surface area (Å²) in [5.74, 6) is 2.51. The van der Waals surface area contributed by atoms with Gasteiger partial charge in [0.1, 0.15) is 0 Å². The van der Waals surface area contributed by atoms with Gasteiger partial charge in [0.25, 0.3) is 0 Å². The molecular weight excluding hydrogens is 638 g/mol. The van der Waals surface area contributed by atoms with Crippen LogP contribution in [-0.2, 0) is 27.4 Å². The lowest BCUT2D eigenvalue weighted by atomic mass is 9.53. The number of likely N-dealkylation sites (tertiary alicyclic amines) is 1. The number of aliphatic hydroxyl groups is 1. The molecule has 0 radical (unpaired) electrons. The van der Waals surface area contributed by atoms with E-state index in [2.05, 4.69) is 77.1 Å². The van der Waals surface area contributed by atoms with Gasteiger partial charge in [-0.2, -0.15) is 0 Å². The first-order valence-electron chi connectivity index (χ1n) is 19.4. The molecule has 51 heavy (non-hydrogen) atoms. The SMILES string of the molecule is COC[C@@H]1CCCN1C[C@H]1O[C@@H](c2ccc(-c3ccccc3CNC(=O)NC34CC5CC(CC(C5)C3)C4)cc2)O[C@@H](c2ccc(CO)cc2)[C@H]1C. The lowest BCUT2D eigenvalue weighted by molar-refractivity contribution is -0.276. The third-order valence-corrected chi connectivity index (χ3v) is 12.8. The number of urea groups is 1. The van der Waals surface area contributed by atoms with Crippen LogP contribution in [0.15, 0.2) is 72.8 Å². The second-order valence-electron chi connectivity index (χ2n) is 16.4. The first kappa shape index (κ1) is 34.8. The molecule has 5 atom stereocenters. The lowest BCUT2D eigenvalue weighted by Gasteiger charge is -2.56. The van der Waals surface area contributed by atoms with Crippen molar-refractivity contribution in [3.8, 4) is 11.1 Å². The van der Waals surface area contributed by atoms with E-state index in [0.717, 1.165) is 96.5 Å². The van der Waals surface area contributed by atoms with E-state index < -0.39 is 6.29 Å². The predicted molar refractivity (Wildman–Crippen MR) is 198 cm³/mol. The summed E-state index contributed by atoms with van der Waals surface area (Å²) in [7, 11) is 1.78. The predicted octanol–water partition coefficient (Wildman–Crippen LogP) is 7.52. The van der Waals surface area contributed by atoms with E-state index >= 15 is 0 Å². The van der Waals surface area contributed by atoms with Crippen LogP contribution in [0.5, 0.6) is 0 Å². The van der Waals surface area contributed by atoms with Crippen LogP contribution in [0.1, 0.15) is 92.9 Å². The number of methoxy groups -OCH3 is 1. The van der Waals surface area contributed by atoms with Gasteiger partial charge in [-0.1, -0.05) is 79.7 Å². The first-order chi connectivity index (χ1) is 24.9. The molecule has 0 spiro atoms. The second kappa shape index (κ2) is 15.0. The Hall–Kier alpha value is -3.27. The van der Waals surface area contributed by atoms with Crippen LogP contribution in [0, 0.1) is 23.7 Å². The monoisotopic (exact) mass is 693 g/mol. The summed E-state index contributed by atoms with van der Waals surface area (Å²) < 4.78 is 19.1. The number of carbonyl (C=O) groups excluding carboxylic acids is 1. The van der Waals surface area contributed by atoms with Crippen molar-refractivity contribution in [1.29, 1.82) is 0 Å². The quantitative estimate of drug-likeness (QED) is 0.193. The fourth-order valence-electron chi connectivity index (χ4n) is 10.6. The Balaban J connectivity index is 0.967. The number of hydrogen-bond donors (Lipinski definition) is 3. The van der Waals surface area contributed by atoms with Crippen LogP contribution in [-0.4, -0.2) is 60.5 Å². The Morgan fingerprint density at radius 3 is 2.29 bits per heavy atom. The van der Waals surface area contributed by atoms with E-state index in [1.165, 1.54) is 25.7 Å². The normalized spacial score (nSPS) is 33.0. The van der Waals surface area contributed by atoms with Gasteiger partial charge in [-0.3, -0.25) is 4.90 Å². The van der Waals surface area contributed by atoms with Gasteiger partial charge < -0.3 is 30.0 Å². The standard InChI is InChI=1S/C43H55N3O5/c1-28-39(25-46-17-5-7-37(46)27-49-2)50-41(51-40(28)34-11-9-29(26-47)10-12-34)35-15-13-33(14-16-35)38-8-4-3-6-36(38)24-44-42(48)45-43-21-30-18-31(22-43)20-32(19-30)23-43/h3-4,6,8-16,28,30-32,37,39-41,47H,5,7,17-27H2,1-2H3,(H2,44,45,48)/t28-,30?,31?,32?,37-,39+,40+,41+,43?/m0/s1. The molecule has 8 heteroatoms. The molecule has 3 aromatic carbocycles. The minimum atomic E-state index is -0.517. The van der Waals surface area contributed by atoms with E-state index in [0.29, 0.717) is 12.6 Å². The maximum Gasteiger partial charge on any atom is 0.315 e. The van der Waals surface area contributed by atoms with Crippen molar-refractivity contribution in [3.05, 3.63) is 95.1 Å². The molecule has 8 nitrogen and oxygen atoms in total. The number of ether oxygens (including phenoxy) is 3. The summed E-state index contributed by atoms with van der Waals surface area (Å²) in [5.41, 5.74) is 6.25. The average Bonchev–Trinajstić information content (AvgIpc) is 3.57. The molecule has 0 aromatic heterocycles. The summed E-state index contributed by atoms with van der Waals surface area (Å²) >= 11 is 0. The maximum atomic E-state index is 13.3. The molecule has 4 saturated carbocycles. The van der Waals surface area contributed by atoms with Crippen molar-refractivity contribution in [2.24, 2.45) is 23.7 Å². The summed E-state index contributed by atoms with van der Waals surface area (Å²) in [6.07, 6.45) is 9.14. The van der Waals surface area contributed by atoms with Gasteiger partial charge in [0.05, 0.1) is 25.4 Å². The summed E-state index contributed by atoms with van der Waals surface area (Å²) in [6, 6.07) is 25.3. The summed E-state index contributed by atoms with van der Waals surface area (Å²) in [4.78, 5) is 15.8. The van der Waals surface area contributed by atoms with Gasteiger partial charge in [0, 0.05) is 43.3 Å². The third kappa shape index (κ3) is 7.49. The Morgan fingerprint density at radius 2 is 1.61 bits per heavy atom. The van der Waals surface area contributed by atoms with Gasteiger partial charge in [-0.15, -0.1) is 0 Å². The Morgan fingerprint density at radius 1 is 0.922 bits per heavy atom. The second-order valence-corrected chi connectivity index (χ2v) is 16.4. The van der Waals surface area contributed by atoms with Crippen molar-refractivity contribution in [2.75, 3.05) is 26.8 Å². The van der Waals surface area contributed by atoms with E-state index in [-0.39, 0.29) is 36.3 Å². The highest BCUT2D eigenvalue weighted by molar-refractivity contribution is 5.76. The van der Waals surface area contributed by atoms with Crippen LogP contribution >= 0.6 is 0 Å². The Labute approximate surface area is 303 Å². The Kier molecular flexibility index (Phi) is 10.2. The number of benzene rings is 3. The molecule has 2 heterocycles. The molecule has 4 aliphatic carbocycles. The smallest absolute Gasteiger partial charge is 0.315 e. The zero-order valence-corrected chi connectivity index (χ0v) is 30.3. The van der Waals surface area contributed by atoms with Crippen LogP contribution in [0.4, 0.5) is 4.79 Å². The van der Waals surface area contributed by atoms with Gasteiger partial charge in [-0.05, 0) is 103 Å². The highest BCUT2D eigenvalue weighted by atomic mass is 16.7. The van der Waals surface area contributed by atoms with E-state index in [1.807, 2.05) is 18.2 Å². The number of hydrogen-bond acceptors (Lipinski definition) is 6. The van der Waals surface area contributed by atoms with Gasteiger partial charge in [0.2, 0.25) is 0 Å². The molecule has 272 valence electrons. The van der Waals surface area contributed by atoms with Crippen molar-refractivity contribution in [2.45, 2.75) is 102 Å². The molecule has 3 aromatic rings. The summed E-state index contributed by atoms with van der Waals surface area (Å²) in [6.45, 7) is 5.33. The zero-order chi connectivity index (χ0) is 35.0. The molecule has 2 saturated heterocycles. The maximum absolute atomic E-state index is 13.3. The highest BCUT2D eigenvalue weighted by Crippen LogP contribution is 2.55. The van der Waals surface area contributed by atoms with E-state index in [1.54, 1.807) is 7.11 Å². The first-order valence-corrected chi connectivity index (χ1v) is 19.4. The van der Waals surface area contributed by atoms with Crippen LogP contribution in [0.3, 0.4) is 0 Å². The number of aliphatic hydroxyl groups excluding tert-OH is 1. The Bertz CT molecular complexity index is 1610. The fourth-order valence-corrected chi connectivity index (χ4v) is 10.6. The molecule has 2 aliphatic heterocycles. The number of amides is 2. The van der Waals surface area contributed by atoms with Crippen LogP contribution < -0.4 is 10.6 Å². The van der Waals surface area contributed by atoms with Crippen LogP contribution in [0.2, 0.25) is 0 Å². The molecule has 3 N–H and O–H groups in total. The lowest BCUT2D eigenvalue weighted by Crippen LogP contribution is -2.61. The van der Waals surface area contributed by atoms with Crippen LogP contribution in [0.25, 0.3) is 11.1 Å². The van der Waals surface area contributed by atoms with Gasteiger partial charge in [0.15, 0.2) is 6.29 Å². The van der Waals surface area contributed by atoms with Gasteiger partial charge in [-0.25, -0.2) is 4.79 Å². The number of nitrogens with zero attached hydrogens (tertiary/aromatic N) is 1. The van der Waals surface area contributed by atoms with Crippen molar-refractivity contribution >= 4 is 6.03 Å². The molecule has 4 bridgehead atoms. The molecule has 9 rings (SSSR count). The van der Waals surface area contributed by atoms with E-state index in [4.69, 9.17) is 14.2 Å². The highest BCUT2D eigenvalue weighted by Gasteiger charge is 2.51. The zero-order valence-electron chi connectivity index (χ0n) is 30.3. The summed E-state index contributed by atoms with van der Waals surface area (Å²) in [5, 5.41) is 16.3. The van der Waals surface area contributed by atoms with Gasteiger partial charge >= 0.3 is 6.03 Å². The molecule has 6 aliphatic rings. The third-order valence-electron chi connectivity index (χ3n) is 12.8. The van der Waals surface area contributed by atoms with Crippen molar-refractivity contribution in [3.63, 3.8) is 0 Å². The minimum Gasteiger partial charge on any atom is -0.392 e. The topological polar surface area (TPSA) is 92.3 Å². The molecule has 2 amide bonds.